The van der Waals surface area contributed by atoms with Crippen molar-refractivity contribution in [2.45, 2.75) is 50.6 Å². The highest BCUT2D eigenvalue weighted by molar-refractivity contribution is 6.07. The molecule has 0 aliphatic carbocycles. The molecule has 1 aromatic carbocycles. The molecule has 4 amide bonds. The van der Waals surface area contributed by atoms with Crippen molar-refractivity contribution < 1.29 is 23.6 Å². The highest BCUT2D eigenvalue weighted by Crippen LogP contribution is 2.31. The minimum absolute atomic E-state index is 0. The van der Waals surface area contributed by atoms with Crippen molar-refractivity contribution in [2.24, 2.45) is 11.5 Å². The number of nitrogens with one attached hydrogen (secondary N) is 3. The third-order valence-corrected chi connectivity index (χ3v) is 5.53. The molecule has 1 saturated heterocycles. The second-order valence-corrected chi connectivity index (χ2v) is 8.13. The molecular weight excluding hydrogens is 481 g/mol. The first-order valence-electron chi connectivity index (χ1n) is 11.0. The Morgan fingerprint density at radius 2 is 1.83 bits per heavy atom. The summed E-state index contributed by atoms with van der Waals surface area (Å²) in [5.74, 6) is -2.13. The normalized spacial score (nSPS) is 16.1. The van der Waals surface area contributed by atoms with Crippen molar-refractivity contribution in [1.82, 2.24) is 15.1 Å². The molecule has 13 heteroatoms. The SMILES string of the molecule is Cl.NC(=O)C(N)CCC(=O)N1CCCCC1c1cc(NC(=O)CC(=O)Nc2ccc(F)cc2)n[nH]1. The number of anilines is 2. The van der Waals surface area contributed by atoms with Gasteiger partial charge in [-0.25, -0.2) is 4.39 Å². The van der Waals surface area contributed by atoms with Crippen LogP contribution in [0, 0.1) is 5.82 Å². The number of likely N-dealkylation sites (tertiary alicyclic amines) is 1. The molecule has 0 saturated carbocycles. The van der Waals surface area contributed by atoms with Crippen LogP contribution in [0.3, 0.4) is 0 Å². The van der Waals surface area contributed by atoms with Gasteiger partial charge >= 0.3 is 0 Å². The average molecular weight is 510 g/mol. The van der Waals surface area contributed by atoms with Gasteiger partial charge in [0.05, 0.1) is 17.8 Å². The Morgan fingerprint density at radius 3 is 2.51 bits per heavy atom. The fraction of sp³-hybridized carbons (Fsp3) is 0.409. The number of hydrogen-bond donors (Lipinski definition) is 5. The van der Waals surface area contributed by atoms with Crippen LogP contribution in [0.2, 0.25) is 0 Å². The van der Waals surface area contributed by atoms with E-state index in [9.17, 15) is 23.6 Å². The van der Waals surface area contributed by atoms with Crippen LogP contribution >= 0.6 is 12.4 Å². The van der Waals surface area contributed by atoms with Crippen molar-refractivity contribution in [1.29, 1.82) is 0 Å². The lowest BCUT2D eigenvalue weighted by Crippen LogP contribution is -2.41. The molecule has 2 atom stereocenters. The monoisotopic (exact) mass is 509 g/mol. The quantitative estimate of drug-likeness (QED) is 0.320. The minimum Gasteiger partial charge on any atom is -0.368 e. The number of carbonyl (C=O) groups excluding carboxylic acids is 4. The summed E-state index contributed by atoms with van der Waals surface area (Å²) in [6, 6.07) is 5.68. The van der Waals surface area contributed by atoms with E-state index >= 15 is 0 Å². The molecule has 3 rings (SSSR count). The van der Waals surface area contributed by atoms with E-state index in [-0.39, 0.29) is 43.0 Å². The average Bonchev–Trinajstić information content (AvgIpc) is 3.26. The molecule has 0 spiro atoms. The van der Waals surface area contributed by atoms with Gasteiger partial charge in [0.15, 0.2) is 5.82 Å². The molecule has 1 aliphatic rings. The first-order valence-corrected chi connectivity index (χ1v) is 11.0. The topological polar surface area (TPSA) is 176 Å². The van der Waals surface area contributed by atoms with Gasteiger partial charge in [0.1, 0.15) is 12.2 Å². The van der Waals surface area contributed by atoms with Crippen LogP contribution in [0.15, 0.2) is 30.3 Å². The molecular formula is C22H29ClFN7O4. The summed E-state index contributed by atoms with van der Waals surface area (Å²) >= 11 is 0. The molecule has 2 heterocycles. The van der Waals surface area contributed by atoms with Gasteiger partial charge in [-0.15, -0.1) is 12.4 Å². The number of aromatic amines is 1. The number of amides is 4. The summed E-state index contributed by atoms with van der Waals surface area (Å²) in [6.45, 7) is 0.555. The van der Waals surface area contributed by atoms with E-state index in [1.54, 1.807) is 11.0 Å². The Morgan fingerprint density at radius 1 is 1.14 bits per heavy atom. The zero-order valence-corrected chi connectivity index (χ0v) is 19.8. The number of nitrogens with zero attached hydrogens (tertiary/aromatic N) is 2. The molecule has 0 radical (unpaired) electrons. The Kier molecular flexibility index (Phi) is 10.2. The molecule has 1 fully saturated rings. The van der Waals surface area contributed by atoms with Crippen LogP contribution in [-0.2, 0) is 19.2 Å². The third-order valence-electron chi connectivity index (χ3n) is 5.53. The zero-order valence-electron chi connectivity index (χ0n) is 19.0. The van der Waals surface area contributed by atoms with Gasteiger partial charge in [-0.2, -0.15) is 5.10 Å². The number of piperidine rings is 1. The molecule has 11 nitrogen and oxygen atoms in total. The summed E-state index contributed by atoms with van der Waals surface area (Å²) in [5.41, 5.74) is 11.8. The third kappa shape index (κ3) is 8.04. The maximum atomic E-state index is 13.0. The lowest BCUT2D eigenvalue weighted by atomic mass is 9.98. The zero-order chi connectivity index (χ0) is 24.7. The highest BCUT2D eigenvalue weighted by Gasteiger charge is 2.30. The second kappa shape index (κ2) is 12.8. The van der Waals surface area contributed by atoms with Crippen LogP contribution in [0.5, 0.6) is 0 Å². The molecule has 2 unspecified atom stereocenters. The van der Waals surface area contributed by atoms with Crippen molar-refractivity contribution in [3.8, 4) is 0 Å². The molecule has 2 aromatic rings. The number of aromatic nitrogens is 2. The number of hydrogen-bond acceptors (Lipinski definition) is 6. The van der Waals surface area contributed by atoms with Gasteiger partial charge in [-0.1, -0.05) is 0 Å². The molecule has 190 valence electrons. The van der Waals surface area contributed by atoms with E-state index in [0.717, 1.165) is 12.8 Å². The summed E-state index contributed by atoms with van der Waals surface area (Å²) < 4.78 is 13.0. The molecule has 1 aliphatic heterocycles. The van der Waals surface area contributed by atoms with E-state index in [1.807, 2.05) is 0 Å². The number of primary amides is 1. The Balaban J connectivity index is 0.00000432. The Bertz CT molecular complexity index is 1050. The number of benzene rings is 1. The van der Waals surface area contributed by atoms with E-state index in [2.05, 4.69) is 20.8 Å². The number of rotatable bonds is 9. The molecule has 7 N–H and O–H groups in total. The summed E-state index contributed by atoms with van der Waals surface area (Å²) in [6.07, 6.45) is 2.30. The van der Waals surface area contributed by atoms with Gasteiger partial charge < -0.3 is 27.0 Å². The maximum Gasteiger partial charge on any atom is 0.235 e. The van der Waals surface area contributed by atoms with Gasteiger partial charge in [0.2, 0.25) is 23.6 Å². The van der Waals surface area contributed by atoms with Crippen LogP contribution in [0.4, 0.5) is 15.9 Å². The fourth-order valence-electron chi connectivity index (χ4n) is 3.76. The number of carbonyl (C=O) groups is 4. The smallest absolute Gasteiger partial charge is 0.235 e. The number of nitrogens with two attached hydrogens (primary N) is 2. The predicted octanol–water partition coefficient (Wildman–Crippen LogP) is 1.58. The van der Waals surface area contributed by atoms with Crippen molar-refractivity contribution in [3.63, 3.8) is 0 Å². The first kappa shape index (κ1) is 27.7. The Labute approximate surface area is 207 Å². The minimum atomic E-state index is -0.874. The van der Waals surface area contributed by atoms with Gasteiger partial charge in [0.25, 0.3) is 0 Å². The van der Waals surface area contributed by atoms with E-state index in [1.165, 1.54) is 24.3 Å². The second-order valence-electron chi connectivity index (χ2n) is 8.13. The maximum absolute atomic E-state index is 13.0. The Hall–Kier alpha value is -3.51. The summed E-state index contributed by atoms with van der Waals surface area (Å²) in [7, 11) is 0. The van der Waals surface area contributed by atoms with E-state index in [0.29, 0.717) is 24.3 Å². The van der Waals surface area contributed by atoms with Crippen LogP contribution in [0.25, 0.3) is 0 Å². The van der Waals surface area contributed by atoms with Crippen molar-refractivity contribution >= 4 is 47.5 Å². The fourth-order valence-corrected chi connectivity index (χ4v) is 3.76. The highest BCUT2D eigenvalue weighted by atomic mass is 35.5. The largest absolute Gasteiger partial charge is 0.368 e. The molecule has 35 heavy (non-hydrogen) atoms. The van der Waals surface area contributed by atoms with E-state index in [4.69, 9.17) is 11.5 Å². The molecule has 1 aromatic heterocycles. The lowest BCUT2D eigenvalue weighted by Gasteiger charge is -2.35. The standard InChI is InChI=1S/C22H28FN7O4.ClH/c23-13-4-6-14(7-5-13)26-19(31)12-20(32)27-18-11-16(28-29-18)17-3-1-2-10-30(17)21(33)9-8-15(24)22(25)34;/h4-7,11,15,17H,1-3,8-10,12,24H2,(H2,25,34)(H,26,31)(H2,27,28,29,32);1H. The predicted molar refractivity (Wildman–Crippen MR) is 129 cm³/mol. The van der Waals surface area contributed by atoms with E-state index < -0.39 is 36.0 Å². The van der Waals surface area contributed by atoms with Crippen LogP contribution in [0.1, 0.15) is 50.3 Å². The first-order chi connectivity index (χ1) is 16.2. The van der Waals surface area contributed by atoms with Crippen LogP contribution in [-0.4, -0.2) is 51.3 Å². The lowest BCUT2D eigenvalue weighted by molar-refractivity contribution is -0.135. The van der Waals surface area contributed by atoms with Crippen molar-refractivity contribution in [2.75, 3.05) is 17.2 Å². The number of H-pyrrole nitrogens is 1. The van der Waals surface area contributed by atoms with Crippen LogP contribution < -0.4 is 22.1 Å². The molecule has 0 bridgehead atoms. The van der Waals surface area contributed by atoms with Gasteiger partial charge in [-0.3, -0.25) is 24.3 Å². The summed E-state index contributed by atoms with van der Waals surface area (Å²) in [4.78, 5) is 49.8. The summed E-state index contributed by atoms with van der Waals surface area (Å²) in [5, 5.41) is 12.0. The number of halogens is 2. The van der Waals surface area contributed by atoms with Crippen molar-refractivity contribution in [3.05, 3.63) is 41.8 Å². The van der Waals surface area contributed by atoms with Gasteiger partial charge in [0, 0.05) is 24.7 Å². The van der Waals surface area contributed by atoms with Gasteiger partial charge in [-0.05, 0) is 49.9 Å².